The molecule has 9 rings (SSSR count). The fourth-order valence-corrected chi connectivity index (χ4v) is 6.97. The summed E-state index contributed by atoms with van der Waals surface area (Å²) in [7, 11) is 0. The van der Waals surface area contributed by atoms with Gasteiger partial charge in [0.2, 0.25) is 0 Å². The second-order valence-corrected chi connectivity index (χ2v) is 11.4. The molecule has 0 N–H and O–H groups in total. The lowest BCUT2D eigenvalue weighted by molar-refractivity contribution is 1.16. The third-order valence-electron chi connectivity index (χ3n) is 8.92. The lowest BCUT2D eigenvalue weighted by Crippen LogP contribution is -1.99. The SMILES string of the molecule is c1ccc(-c2cccc(-c3ccccc3-n3c4ccccc4c4ccc(-n5c6ccccc6c6ccccc65)cc43)c2)cc1. The number of benzene rings is 7. The molecule has 0 radical (unpaired) electrons. The summed E-state index contributed by atoms with van der Waals surface area (Å²) in [6.45, 7) is 0. The standard InChI is InChI=1S/C42H28N2/c1-2-13-29(14-3-1)30-15-12-16-31(27-30)33-17-4-8-21-38(33)44-41-24-11-7-20-36(41)37-26-25-32(28-42(37)44)43-39-22-9-5-18-34(39)35-19-6-10-23-40(35)43/h1-28H. The van der Waals surface area contributed by atoms with Gasteiger partial charge < -0.3 is 9.13 Å². The molecular weight excluding hydrogens is 532 g/mol. The van der Waals surface area contributed by atoms with E-state index in [0.717, 1.165) is 5.69 Å². The van der Waals surface area contributed by atoms with E-state index in [0.29, 0.717) is 0 Å². The van der Waals surface area contributed by atoms with E-state index in [4.69, 9.17) is 0 Å². The first kappa shape index (κ1) is 24.7. The predicted molar refractivity (Wildman–Crippen MR) is 186 cm³/mol. The van der Waals surface area contributed by atoms with Gasteiger partial charge in [-0.1, -0.05) is 127 Å². The van der Waals surface area contributed by atoms with E-state index in [-0.39, 0.29) is 0 Å². The van der Waals surface area contributed by atoms with Crippen LogP contribution < -0.4 is 0 Å². The summed E-state index contributed by atoms with van der Waals surface area (Å²) in [6, 6.07) is 61.4. The van der Waals surface area contributed by atoms with Crippen LogP contribution in [0, 0.1) is 0 Å². The maximum Gasteiger partial charge on any atom is 0.0562 e. The van der Waals surface area contributed by atoms with E-state index in [9.17, 15) is 0 Å². The molecule has 206 valence electrons. The molecule has 0 aliphatic heterocycles. The Morgan fingerprint density at radius 2 is 0.818 bits per heavy atom. The highest BCUT2D eigenvalue weighted by Crippen LogP contribution is 2.39. The first-order valence-corrected chi connectivity index (χ1v) is 15.1. The van der Waals surface area contributed by atoms with Crippen LogP contribution in [-0.2, 0) is 0 Å². The van der Waals surface area contributed by atoms with Crippen molar-refractivity contribution in [3.05, 3.63) is 170 Å². The normalized spacial score (nSPS) is 11.6. The summed E-state index contributed by atoms with van der Waals surface area (Å²) in [4.78, 5) is 0. The number of nitrogens with zero attached hydrogens (tertiary/aromatic N) is 2. The maximum absolute atomic E-state index is 2.45. The van der Waals surface area contributed by atoms with Crippen LogP contribution in [0.15, 0.2) is 170 Å². The Kier molecular flexibility index (Phi) is 5.54. The second-order valence-electron chi connectivity index (χ2n) is 11.4. The van der Waals surface area contributed by atoms with Gasteiger partial charge in [0.15, 0.2) is 0 Å². The van der Waals surface area contributed by atoms with Crippen molar-refractivity contribution in [1.29, 1.82) is 0 Å². The molecule has 2 nitrogen and oxygen atoms in total. The monoisotopic (exact) mass is 560 g/mol. The van der Waals surface area contributed by atoms with Crippen molar-refractivity contribution in [1.82, 2.24) is 9.13 Å². The highest BCUT2D eigenvalue weighted by molar-refractivity contribution is 6.12. The van der Waals surface area contributed by atoms with Gasteiger partial charge >= 0.3 is 0 Å². The molecular formula is C42H28N2. The molecule has 2 aromatic heterocycles. The Balaban J connectivity index is 1.32. The van der Waals surface area contributed by atoms with Crippen molar-refractivity contribution < 1.29 is 0 Å². The van der Waals surface area contributed by atoms with Gasteiger partial charge in [0.25, 0.3) is 0 Å². The first-order chi connectivity index (χ1) is 21.8. The Bertz CT molecular complexity index is 2440. The molecule has 9 aromatic rings. The molecule has 0 amide bonds. The zero-order valence-electron chi connectivity index (χ0n) is 24.1. The number of rotatable bonds is 4. The van der Waals surface area contributed by atoms with Gasteiger partial charge in [0, 0.05) is 32.8 Å². The average Bonchev–Trinajstić information content (AvgIpc) is 3.61. The van der Waals surface area contributed by atoms with Crippen LogP contribution in [-0.4, -0.2) is 9.13 Å². The highest BCUT2D eigenvalue weighted by atomic mass is 15.0. The molecule has 2 heteroatoms. The largest absolute Gasteiger partial charge is 0.309 e. The van der Waals surface area contributed by atoms with E-state index in [2.05, 4.69) is 179 Å². The summed E-state index contributed by atoms with van der Waals surface area (Å²) in [5.74, 6) is 0. The number of hydrogen-bond acceptors (Lipinski definition) is 0. The molecule has 0 fully saturated rings. The molecule has 7 aromatic carbocycles. The molecule has 0 unspecified atom stereocenters. The van der Waals surface area contributed by atoms with Crippen molar-refractivity contribution in [2.24, 2.45) is 0 Å². The van der Waals surface area contributed by atoms with E-state index in [1.54, 1.807) is 0 Å². The number of fused-ring (bicyclic) bond motifs is 6. The van der Waals surface area contributed by atoms with E-state index >= 15 is 0 Å². The molecule has 0 atom stereocenters. The number of aromatic nitrogens is 2. The zero-order chi connectivity index (χ0) is 29.0. The molecule has 0 aliphatic rings. The van der Waals surface area contributed by atoms with Crippen LogP contribution in [0.2, 0.25) is 0 Å². The molecule has 0 bridgehead atoms. The van der Waals surface area contributed by atoms with Gasteiger partial charge in [-0.3, -0.25) is 0 Å². The van der Waals surface area contributed by atoms with Crippen LogP contribution in [0.25, 0.3) is 77.2 Å². The topological polar surface area (TPSA) is 9.86 Å². The fraction of sp³-hybridized carbons (Fsp3) is 0. The first-order valence-electron chi connectivity index (χ1n) is 15.1. The summed E-state index contributed by atoms with van der Waals surface area (Å²) in [5, 5.41) is 5.04. The van der Waals surface area contributed by atoms with Crippen LogP contribution in [0.4, 0.5) is 0 Å². The lowest BCUT2D eigenvalue weighted by atomic mass is 9.98. The zero-order valence-corrected chi connectivity index (χ0v) is 24.1. The highest BCUT2D eigenvalue weighted by Gasteiger charge is 2.18. The van der Waals surface area contributed by atoms with Crippen LogP contribution >= 0.6 is 0 Å². The average molecular weight is 561 g/mol. The minimum absolute atomic E-state index is 1.16. The van der Waals surface area contributed by atoms with E-state index < -0.39 is 0 Å². The van der Waals surface area contributed by atoms with Crippen LogP contribution in [0.5, 0.6) is 0 Å². The Labute approximate surface area is 255 Å². The minimum Gasteiger partial charge on any atom is -0.309 e. The molecule has 0 spiro atoms. The van der Waals surface area contributed by atoms with Crippen LogP contribution in [0.1, 0.15) is 0 Å². The second kappa shape index (κ2) is 9.86. The smallest absolute Gasteiger partial charge is 0.0562 e. The summed E-state index contributed by atoms with van der Waals surface area (Å²) in [6.07, 6.45) is 0. The Morgan fingerprint density at radius 1 is 0.295 bits per heavy atom. The van der Waals surface area contributed by atoms with Gasteiger partial charge in [-0.2, -0.15) is 0 Å². The number of para-hydroxylation sites is 4. The fourth-order valence-electron chi connectivity index (χ4n) is 6.97. The van der Waals surface area contributed by atoms with Crippen LogP contribution in [0.3, 0.4) is 0 Å². The van der Waals surface area contributed by atoms with Crippen molar-refractivity contribution in [3.8, 4) is 33.6 Å². The molecule has 44 heavy (non-hydrogen) atoms. The summed E-state index contributed by atoms with van der Waals surface area (Å²) in [5.41, 5.74) is 12.0. The summed E-state index contributed by atoms with van der Waals surface area (Å²) >= 11 is 0. The predicted octanol–water partition coefficient (Wildman–Crippen LogP) is 11.2. The van der Waals surface area contributed by atoms with Gasteiger partial charge in [0.1, 0.15) is 0 Å². The minimum atomic E-state index is 1.16. The lowest BCUT2D eigenvalue weighted by Gasteiger charge is -2.15. The van der Waals surface area contributed by atoms with E-state index in [1.807, 2.05) is 0 Å². The molecule has 2 heterocycles. The van der Waals surface area contributed by atoms with Gasteiger partial charge in [-0.05, 0) is 59.2 Å². The van der Waals surface area contributed by atoms with Crippen molar-refractivity contribution in [2.45, 2.75) is 0 Å². The Hall–Kier alpha value is -5.86. The molecule has 0 aliphatic carbocycles. The van der Waals surface area contributed by atoms with Gasteiger partial charge in [0.05, 0.1) is 27.8 Å². The van der Waals surface area contributed by atoms with Gasteiger partial charge in [-0.25, -0.2) is 0 Å². The third kappa shape index (κ3) is 3.75. The van der Waals surface area contributed by atoms with E-state index in [1.165, 1.54) is 71.6 Å². The molecule has 0 saturated carbocycles. The van der Waals surface area contributed by atoms with Crippen molar-refractivity contribution in [3.63, 3.8) is 0 Å². The van der Waals surface area contributed by atoms with Gasteiger partial charge in [-0.15, -0.1) is 0 Å². The van der Waals surface area contributed by atoms with Crippen molar-refractivity contribution >= 4 is 43.6 Å². The third-order valence-corrected chi connectivity index (χ3v) is 8.92. The Morgan fingerprint density at radius 3 is 1.52 bits per heavy atom. The number of hydrogen-bond donors (Lipinski definition) is 0. The maximum atomic E-state index is 2.45. The summed E-state index contributed by atoms with van der Waals surface area (Å²) < 4.78 is 4.86. The van der Waals surface area contributed by atoms with Crippen molar-refractivity contribution in [2.75, 3.05) is 0 Å². The quantitative estimate of drug-likeness (QED) is 0.203. The molecule has 0 saturated heterocycles.